The number of carbonyl (C=O) groups is 3. The molecular weight excluding hydrogens is 889 g/mol. The van der Waals surface area contributed by atoms with Gasteiger partial charge in [-0.15, -0.1) is 0 Å². The summed E-state index contributed by atoms with van der Waals surface area (Å²) in [5, 5.41) is 0. The van der Waals surface area contributed by atoms with Gasteiger partial charge in [0.1, 0.15) is 13.2 Å². The molecule has 0 aliphatic rings. The van der Waals surface area contributed by atoms with Crippen molar-refractivity contribution in [2.75, 3.05) is 13.2 Å². The molecule has 1 atom stereocenters. The molecule has 1 unspecified atom stereocenters. The summed E-state index contributed by atoms with van der Waals surface area (Å²) in [6, 6.07) is 0. The van der Waals surface area contributed by atoms with Crippen molar-refractivity contribution < 1.29 is 28.6 Å². The van der Waals surface area contributed by atoms with Crippen LogP contribution in [0.4, 0.5) is 0 Å². The van der Waals surface area contributed by atoms with Crippen LogP contribution in [0.2, 0.25) is 0 Å². The zero-order valence-corrected chi connectivity index (χ0v) is 47.7. The number of ether oxygens (including phenoxy) is 3. The molecule has 0 aromatic heterocycles. The highest BCUT2D eigenvalue weighted by molar-refractivity contribution is 5.71. The average molecular weight is 1010 g/mol. The van der Waals surface area contributed by atoms with E-state index in [0.717, 1.165) is 96.3 Å². The number of esters is 3. The smallest absolute Gasteiger partial charge is 0.306 e. The Morgan fingerprint density at radius 2 is 0.542 bits per heavy atom. The van der Waals surface area contributed by atoms with E-state index in [9.17, 15) is 14.4 Å². The summed E-state index contributed by atoms with van der Waals surface area (Å²) in [5.74, 6) is -0.913. The molecule has 0 saturated carbocycles. The first-order valence-corrected chi connectivity index (χ1v) is 30.9. The molecule has 0 heterocycles. The minimum absolute atomic E-state index is 0.0849. The number of unbranched alkanes of at least 4 members (excludes halogenated alkanes) is 33. The quantitative estimate of drug-likeness (QED) is 0.0261. The molecule has 72 heavy (non-hydrogen) atoms. The summed E-state index contributed by atoms with van der Waals surface area (Å²) in [7, 11) is 0. The minimum atomic E-state index is -0.791. The lowest BCUT2D eigenvalue weighted by Gasteiger charge is -2.18. The van der Waals surface area contributed by atoms with Crippen LogP contribution in [0.25, 0.3) is 0 Å². The van der Waals surface area contributed by atoms with Crippen molar-refractivity contribution in [3.63, 3.8) is 0 Å². The number of hydrogen-bond acceptors (Lipinski definition) is 6. The molecule has 0 rings (SSSR count). The van der Waals surface area contributed by atoms with E-state index in [4.69, 9.17) is 14.2 Å². The van der Waals surface area contributed by atoms with Gasteiger partial charge in [0.25, 0.3) is 0 Å². The van der Waals surface area contributed by atoms with Crippen LogP contribution >= 0.6 is 0 Å². The van der Waals surface area contributed by atoms with Crippen molar-refractivity contribution >= 4 is 17.9 Å². The fourth-order valence-electron chi connectivity index (χ4n) is 8.86. The lowest BCUT2D eigenvalue weighted by molar-refractivity contribution is -0.167. The van der Waals surface area contributed by atoms with Gasteiger partial charge in [0.2, 0.25) is 0 Å². The van der Waals surface area contributed by atoms with Crippen LogP contribution in [0, 0.1) is 0 Å². The van der Waals surface area contributed by atoms with E-state index in [0.29, 0.717) is 19.3 Å². The molecule has 416 valence electrons. The lowest BCUT2D eigenvalue weighted by Crippen LogP contribution is -2.30. The van der Waals surface area contributed by atoms with Crippen molar-refractivity contribution in [2.45, 2.75) is 316 Å². The molecule has 0 N–H and O–H groups in total. The first-order chi connectivity index (χ1) is 35.5. The molecule has 0 fully saturated rings. The zero-order chi connectivity index (χ0) is 52.2. The van der Waals surface area contributed by atoms with E-state index >= 15 is 0 Å². The highest BCUT2D eigenvalue weighted by Crippen LogP contribution is 2.17. The first kappa shape index (κ1) is 68.8. The third-order valence-corrected chi connectivity index (χ3v) is 13.5. The van der Waals surface area contributed by atoms with Gasteiger partial charge >= 0.3 is 17.9 Å². The fourth-order valence-corrected chi connectivity index (χ4v) is 8.86. The topological polar surface area (TPSA) is 78.9 Å². The van der Waals surface area contributed by atoms with Gasteiger partial charge in [-0.2, -0.15) is 0 Å². The zero-order valence-electron chi connectivity index (χ0n) is 47.7. The second-order valence-electron chi connectivity index (χ2n) is 20.6. The van der Waals surface area contributed by atoms with Crippen LogP contribution in [0.15, 0.2) is 72.9 Å². The molecule has 0 radical (unpaired) electrons. The number of rotatable bonds is 56. The molecule has 0 spiro atoms. The minimum Gasteiger partial charge on any atom is -0.462 e. The van der Waals surface area contributed by atoms with Gasteiger partial charge in [-0.1, -0.05) is 293 Å². The maximum absolute atomic E-state index is 12.9. The molecule has 0 aliphatic heterocycles. The molecule has 0 aromatic carbocycles. The second kappa shape index (κ2) is 60.4. The van der Waals surface area contributed by atoms with Crippen LogP contribution in [-0.2, 0) is 28.6 Å². The van der Waals surface area contributed by atoms with Crippen molar-refractivity contribution in [2.24, 2.45) is 0 Å². The van der Waals surface area contributed by atoms with E-state index < -0.39 is 6.10 Å². The van der Waals surface area contributed by atoms with E-state index in [-0.39, 0.29) is 31.1 Å². The molecule has 0 aromatic rings. The highest BCUT2D eigenvalue weighted by Gasteiger charge is 2.19. The monoisotopic (exact) mass is 1000 g/mol. The van der Waals surface area contributed by atoms with Crippen molar-refractivity contribution in [1.82, 2.24) is 0 Å². The Hall–Kier alpha value is -3.15. The number of carbonyl (C=O) groups excluding carboxylic acids is 3. The molecule has 6 nitrogen and oxygen atoms in total. The van der Waals surface area contributed by atoms with Crippen LogP contribution in [0.3, 0.4) is 0 Å². The number of allylic oxidation sites excluding steroid dienone is 12. The Balaban J connectivity index is 4.42. The van der Waals surface area contributed by atoms with Crippen molar-refractivity contribution in [3.05, 3.63) is 72.9 Å². The maximum atomic E-state index is 12.9. The fraction of sp³-hybridized carbons (Fsp3) is 0.773. The average Bonchev–Trinajstić information content (AvgIpc) is 3.38. The molecule has 0 bridgehead atoms. The van der Waals surface area contributed by atoms with Gasteiger partial charge in [0.05, 0.1) is 0 Å². The summed E-state index contributed by atoms with van der Waals surface area (Å²) in [5.41, 5.74) is 0. The van der Waals surface area contributed by atoms with Crippen LogP contribution < -0.4 is 0 Å². The molecule has 0 amide bonds. The van der Waals surface area contributed by atoms with Gasteiger partial charge in [-0.3, -0.25) is 14.4 Å². The van der Waals surface area contributed by atoms with Gasteiger partial charge in [-0.25, -0.2) is 0 Å². The molecule has 0 saturated heterocycles. The van der Waals surface area contributed by atoms with E-state index in [1.165, 1.54) is 173 Å². The number of hydrogen-bond donors (Lipinski definition) is 0. The summed E-state index contributed by atoms with van der Waals surface area (Å²) < 4.78 is 16.9. The molecule has 0 aliphatic carbocycles. The predicted molar refractivity (Wildman–Crippen MR) is 311 cm³/mol. The summed E-state index contributed by atoms with van der Waals surface area (Å²) in [6.45, 7) is 6.53. The van der Waals surface area contributed by atoms with Gasteiger partial charge < -0.3 is 14.2 Å². The third kappa shape index (κ3) is 57.7. The SMILES string of the molecule is CC/C=C\C/C=C\C/C=C\C/C=C\C/C=C\C/C=C\CCCCC(=O)OCC(COC(=O)CCCCCCCCCCCCCCCCCC)OC(=O)CCCCCCCCCCCCCCCCCCC. The summed E-state index contributed by atoms with van der Waals surface area (Å²) >= 11 is 0. The largest absolute Gasteiger partial charge is 0.462 e. The lowest BCUT2D eigenvalue weighted by atomic mass is 10.0. The van der Waals surface area contributed by atoms with Crippen LogP contribution in [0.5, 0.6) is 0 Å². The van der Waals surface area contributed by atoms with Crippen molar-refractivity contribution in [3.8, 4) is 0 Å². The summed E-state index contributed by atoms with van der Waals surface area (Å²) in [4.78, 5) is 38.3. The normalized spacial score (nSPS) is 12.5. The van der Waals surface area contributed by atoms with E-state index in [2.05, 4.69) is 93.7 Å². The van der Waals surface area contributed by atoms with Crippen molar-refractivity contribution in [1.29, 1.82) is 0 Å². The summed E-state index contributed by atoms with van der Waals surface area (Å²) in [6.07, 6.45) is 77.6. The Morgan fingerprint density at radius 1 is 0.292 bits per heavy atom. The predicted octanol–water partition coefficient (Wildman–Crippen LogP) is 20.9. The Morgan fingerprint density at radius 3 is 0.847 bits per heavy atom. The van der Waals surface area contributed by atoms with Gasteiger partial charge in [0, 0.05) is 19.3 Å². The standard InChI is InChI=1S/C66H116O6/c1-4-7-10-13-16-19-22-25-28-31-32-33-34-36-38-41-44-47-50-53-56-59-65(68)71-62-63(61-70-64(67)58-55-52-49-46-43-40-37-30-27-24-21-18-15-12-9-6-3)72-66(69)60-57-54-51-48-45-42-39-35-29-26-23-20-17-14-11-8-5-2/h7,10,16,19,25,28,32-33,36,38,44,47,63H,4-6,8-9,11-15,17-18,20-24,26-27,29-31,34-35,37,39-43,45-46,48-62H2,1-3H3/b10-7-,19-16-,28-25-,33-32-,38-36-,47-44-. The first-order valence-electron chi connectivity index (χ1n) is 30.9. The Bertz CT molecular complexity index is 1340. The van der Waals surface area contributed by atoms with E-state index in [1.54, 1.807) is 0 Å². The highest BCUT2D eigenvalue weighted by atomic mass is 16.6. The third-order valence-electron chi connectivity index (χ3n) is 13.5. The van der Waals surface area contributed by atoms with E-state index in [1.807, 2.05) is 0 Å². The Labute approximate surface area is 446 Å². The Kier molecular flexibility index (Phi) is 57.8. The van der Waals surface area contributed by atoms with Gasteiger partial charge in [-0.05, 0) is 70.6 Å². The second-order valence-corrected chi connectivity index (χ2v) is 20.6. The van der Waals surface area contributed by atoms with Gasteiger partial charge in [0.15, 0.2) is 6.10 Å². The van der Waals surface area contributed by atoms with Crippen LogP contribution in [-0.4, -0.2) is 37.2 Å². The molecular formula is C66H116O6. The molecule has 6 heteroatoms. The maximum Gasteiger partial charge on any atom is 0.306 e. The van der Waals surface area contributed by atoms with Crippen LogP contribution in [0.1, 0.15) is 310 Å².